The number of ether oxygens (including phenoxy) is 3. The van der Waals surface area contributed by atoms with Crippen LogP contribution in [0.5, 0.6) is 17.2 Å². The molecule has 0 bridgehead atoms. The van der Waals surface area contributed by atoms with Gasteiger partial charge in [-0.3, -0.25) is 4.79 Å². The minimum Gasteiger partial charge on any atom is -0.495 e. The van der Waals surface area contributed by atoms with Crippen molar-refractivity contribution in [3.8, 4) is 17.2 Å². The van der Waals surface area contributed by atoms with Crippen LogP contribution in [0.25, 0.3) is 17.0 Å². The van der Waals surface area contributed by atoms with E-state index < -0.39 is 0 Å². The first-order valence-electron chi connectivity index (χ1n) is 7.42. The number of furan rings is 1. The fourth-order valence-corrected chi connectivity index (χ4v) is 2.71. The summed E-state index contributed by atoms with van der Waals surface area (Å²) in [5, 5.41) is 0.778. The average molecular weight is 322 g/mol. The van der Waals surface area contributed by atoms with E-state index in [-0.39, 0.29) is 12.6 Å². The van der Waals surface area contributed by atoms with E-state index in [1.54, 1.807) is 37.6 Å². The van der Waals surface area contributed by atoms with Crippen molar-refractivity contribution in [2.24, 2.45) is 0 Å². The number of hydrogen-bond donors (Lipinski definition) is 0. The third-order valence-corrected chi connectivity index (χ3v) is 3.88. The molecule has 1 aliphatic rings. The predicted molar refractivity (Wildman–Crippen MR) is 88.7 cm³/mol. The molecule has 0 fully saturated rings. The van der Waals surface area contributed by atoms with Gasteiger partial charge in [-0.25, -0.2) is 0 Å². The van der Waals surface area contributed by atoms with Gasteiger partial charge in [0.05, 0.1) is 24.3 Å². The molecule has 1 aliphatic heterocycles. The van der Waals surface area contributed by atoms with E-state index in [2.05, 4.69) is 0 Å². The van der Waals surface area contributed by atoms with Crippen molar-refractivity contribution in [2.75, 3.05) is 13.9 Å². The largest absolute Gasteiger partial charge is 0.495 e. The Morgan fingerprint density at radius 2 is 2.00 bits per heavy atom. The maximum Gasteiger partial charge on any atom is 0.231 e. The van der Waals surface area contributed by atoms with Gasteiger partial charge in [0.15, 0.2) is 17.3 Å². The van der Waals surface area contributed by atoms with Gasteiger partial charge in [0.25, 0.3) is 0 Å². The van der Waals surface area contributed by atoms with E-state index in [9.17, 15) is 4.79 Å². The van der Waals surface area contributed by atoms with E-state index in [4.69, 9.17) is 18.6 Å². The molecular formula is C19H14O5. The number of allylic oxidation sites excluding steroid dienone is 1. The van der Waals surface area contributed by atoms with Crippen molar-refractivity contribution in [3.63, 3.8) is 0 Å². The Labute approximate surface area is 138 Å². The second-order valence-corrected chi connectivity index (χ2v) is 5.29. The third-order valence-electron chi connectivity index (χ3n) is 3.88. The molecule has 0 aliphatic carbocycles. The third kappa shape index (κ3) is 2.40. The number of methoxy groups -OCH3 is 1. The Balaban J connectivity index is 1.64. The molecule has 5 nitrogen and oxygen atoms in total. The first-order chi connectivity index (χ1) is 11.8. The molecule has 3 aromatic rings. The number of fused-ring (bicyclic) bond motifs is 2. The molecule has 1 aromatic heterocycles. The summed E-state index contributed by atoms with van der Waals surface area (Å²) < 4.78 is 21.3. The topological polar surface area (TPSA) is 57.9 Å². The van der Waals surface area contributed by atoms with Gasteiger partial charge < -0.3 is 18.6 Å². The van der Waals surface area contributed by atoms with Crippen molar-refractivity contribution < 1.29 is 23.4 Å². The van der Waals surface area contributed by atoms with Crippen LogP contribution in [0.4, 0.5) is 0 Å². The number of hydrogen-bond acceptors (Lipinski definition) is 5. The van der Waals surface area contributed by atoms with Gasteiger partial charge in [0, 0.05) is 0 Å². The molecule has 2 heterocycles. The second kappa shape index (κ2) is 5.77. The monoisotopic (exact) mass is 322 g/mol. The molecule has 4 rings (SSSR count). The lowest BCUT2D eigenvalue weighted by atomic mass is 10.1. The van der Waals surface area contributed by atoms with Crippen molar-refractivity contribution in [3.05, 3.63) is 59.9 Å². The Hall–Kier alpha value is -3.21. The molecular weight excluding hydrogens is 308 g/mol. The summed E-state index contributed by atoms with van der Waals surface area (Å²) in [6.45, 7) is 0.226. The van der Waals surface area contributed by atoms with Gasteiger partial charge in [-0.15, -0.1) is 0 Å². The first-order valence-corrected chi connectivity index (χ1v) is 7.42. The highest BCUT2D eigenvalue weighted by Gasteiger charge is 2.15. The van der Waals surface area contributed by atoms with Gasteiger partial charge >= 0.3 is 0 Å². The van der Waals surface area contributed by atoms with Crippen LogP contribution in [0.15, 0.2) is 53.2 Å². The normalized spacial score (nSPS) is 12.9. The van der Waals surface area contributed by atoms with Crippen LogP contribution in [-0.2, 0) is 0 Å². The fraction of sp³-hybridized carbons (Fsp3) is 0.105. The van der Waals surface area contributed by atoms with Crippen LogP contribution in [0.2, 0.25) is 0 Å². The summed E-state index contributed by atoms with van der Waals surface area (Å²) in [6, 6.07) is 10.8. The molecule has 5 heteroatoms. The minimum atomic E-state index is -0.146. The number of ketones is 1. The van der Waals surface area contributed by atoms with E-state index in [0.29, 0.717) is 28.4 Å². The van der Waals surface area contributed by atoms with Crippen LogP contribution in [0.1, 0.15) is 15.9 Å². The minimum absolute atomic E-state index is 0.146. The highest BCUT2D eigenvalue weighted by Crippen LogP contribution is 2.33. The quantitative estimate of drug-likeness (QED) is 0.535. The standard InChI is InChI=1S/C19H14O5/c1-21-19-13(4-7-16-14(19)8-9-22-16)15(20)5-2-12-3-6-17-18(10-12)24-11-23-17/h2-10H,11H2,1H3. The van der Waals surface area contributed by atoms with Crippen LogP contribution in [0.3, 0.4) is 0 Å². The summed E-state index contributed by atoms with van der Waals surface area (Å²) in [4.78, 5) is 12.5. The molecule has 0 unspecified atom stereocenters. The van der Waals surface area contributed by atoms with E-state index in [1.807, 2.05) is 18.2 Å². The number of carbonyl (C=O) groups excluding carboxylic acids is 1. The van der Waals surface area contributed by atoms with Gasteiger partial charge in [-0.05, 0) is 42.0 Å². The molecule has 0 saturated carbocycles. The summed E-state index contributed by atoms with van der Waals surface area (Å²) in [5.74, 6) is 1.77. The molecule has 0 radical (unpaired) electrons. The highest BCUT2D eigenvalue weighted by atomic mass is 16.7. The zero-order chi connectivity index (χ0) is 16.5. The van der Waals surface area contributed by atoms with Gasteiger partial charge in [0.1, 0.15) is 11.3 Å². The molecule has 0 spiro atoms. The van der Waals surface area contributed by atoms with Gasteiger partial charge in [-0.2, -0.15) is 0 Å². The summed E-state index contributed by atoms with van der Waals surface area (Å²) >= 11 is 0. The molecule has 0 N–H and O–H groups in total. The Morgan fingerprint density at radius 1 is 1.12 bits per heavy atom. The Kier molecular flexibility index (Phi) is 3.46. The smallest absolute Gasteiger partial charge is 0.231 e. The molecule has 2 aromatic carbocycles. The number of benzene rings is 2. The SMILES string of the molecule is COc1c(C(=O)C=Cc2ccc3c(c2)OCO3)ccc2occc12. The predicted octanol–water partition coefficient (Wildman–Crippen LogP) is 4.07. The van der Waals surface area contributed by atoms with Gasteiger partial charge in [0.2, 0.25) is 6.79 Å². The zero-order valence-electron chi connectivity index (χ0n) is 12.9. The summed E-state index contributed by atoms with van der Waals surface area (Å²) in [5.41, 5.74) is 2.03. The van der Waals surface area contributed by atoms with Crippen LogP contribution < -0.4 is 14.2 Å². The molecule has 0 atom stereocenters. The molecule has 24 heavy (non-hydrogen) atoms. The van der Waals surface area contributed by atoms with Gasteiger partial charge in [-0.1, -0.05) is 12.1 Å². The highest BCUT2D eigenvalue weighted by molar-refractivity contribution is 6.11. The Bertz CT molecular complexity index is 952. The second-order valence-electron chi connectivity index (χ2n) is 5.29. The summed E-state index contributed by atoms with van der Waals surface area (Å²) in [7, 11) is 1.54. The maximum atomic E-state index is 12.5. The lowest BCUT2D eigenvalue weighted by molar-refractivity contribution is 0.104. The molecule has 0 amide bonds. The van der Waals surface area contributed by atoms with Crippen molar-refractivity contribution >= 4 is 22.8 Å². The van der Waals surface area contributed by atoms with Crippen LogP contribution in [-0.4, -0.2) is 19.7 Å². The molecule has 120 valence electrons. The van der Waals surface area contributed by atoms with Crippen molar-refractivity contribution in [1.82, 2.24) is 0 Å². The number of rotatable bonds is 4. The summed E-state index contributed by atoms with van der Waals surface area (Å²) in [6.07, 6.45) is 4.83. The average Bonchev–Trinajstić information content (AvgIpc) is 3.26. The van der Waals surface area contributed by atoms with Crippen molar-refractivity contribution in [1.29, 1.82) is 0 Å². The van der Waals surface area contributed by atoms with E-state index in [0.717, 1.165) is 10.9 Å². The number of carbonyl (C=O) groups is 1. The maximum absolute atomic E-state index is 12.5. The van der Waals surface area contributed by atoms with Crippen molar-refractivity contribution in [2.45, 2.75) is 0 Å². The van der Waals surface area contributed by atoms with Crippen LogP contribution in [0, 0.1) is 0 Å². The van der Waals surface area contributed by atoms with E-state index >= 15 is 0 Å². The van der Waals surface area contributed by atoms with Crippen LogP contribution >= 0.6 is 0 Å². The zero-order valence-corrected chi connectivity index (χ0v) is 12.9. The molecule has 0 saturated heterocycles. The lowest BCUT2D eigenvalue weighted by Gasteiger charge is -2.06. The lowest BCUT2D eigenvalue weighted by Crippen LogP contribution is -1.99. The fourth-order valence-electron chi connectivity index (χ4n) is 2.71. The first kappa shape index (κ1) is 14.4. The Morgan fingerprint density at radius 3 is 2.88 bits per heavy atom. The van der Waals surface area contributed by atoms with E-state index in [1.165, 1.54) is 6.08 Å².